The van der Waals surface area contributed by atoms with Crippen molar-refractivity contribution in [3.05, 3.63) is 15.8 Å². The molecular formula is C17H30N4O4S2. The molecule has 0 aliphatic carbocycles. The summed E-state index contributed by atoms with van der Waals surface area (Å²) >= 11 is 1.47. The van der Waals surface area contributed by atoms with Gasteiger partial charge in [-0.1, -0.05) is 0 Å². The lowest BCUT2D eigenvalue weighted by Gasteiger charge is -2.27. The van der Waals surface area contributed by atoms with Gasteiger partial charge in [0.25, 0.3) is 0 Å². The van der Waals surface area contributed by atoms with E-state index in [-0.39, 0.29) is 18.6 Å². The lowest BCUT2D eigenvalue weighted by atomic mass is 9.84. The number of guanidine groups is 1. The number of hydrogen-bond donors (Lipinski definition) is 4. The number of nitrogens with one attached hydrogen (secondary N) is 3. The van der Waals surface area contributed by atoms with E-state index in [1.165, 1.54) is 11.3 Å². The van der Waals surface area contributed by atoms with Crippen molar-refractivity contribution in [1.82, 2.24) is 15.4 Å². The number of thiophene rings is 1. The third-order valence-electron chi connectivity index (χ3n) is 4.68. The minimum Gasteiger partial charge on any atom is -0.396 e. The lowest BCUT2D eigenvalue weighted by molar-refractivity contribution is 0.127. The number of aliphatic imine (C=N–C) groups is 1. The predicted octanol–water partition coefficient (Wildman–Crippen LogP) is 0.597. The Morgan fingerprint density at radius 3 is 2.70 bits per heavy atom. The third-order valence-corrected chi connectivity index (χ3v) is 7.36. The monoisotopic (exact) mass is 418 g/mol. The van der Waals surface area contributed by atoms with Gasteiger partial charge in [0.05, 0.1) is 11.5 Å². The van der Waals surface area contributed by atoms with Crippen LogP contribution in [0.5, 0.6) is 0 Å². The maximum atomic E-state index is 12.4. The molecule has 1 saturated heterocycles. The Balaban J connectivity index is 1.78. The highest BCUT2D eigenvalue weighted by Crippen LogP contribution is 2.31. The first-order valence-electron chi connectivity index (χ1n) is 9.02. The second kappa shape index (κ2) is 9.83. The van der Waals surface area contributed by atoms with Crippen LogP contribution < -0.4 is 15.4 Å². The zero-order valence-corrected chi connectivity index (χ0v) is 17.8. The van der Waals surface area contributed by atoms with Crippen molar-refractivity contribution in [2.75, 3.05) is 46.5 Å². The van der Waals surface area contributed by atoms with Gasteiger partial charge in [-0.25, -0.2) is 13.1 Å². The van der Waals surface area contributed by atoms with Gasteiger partial charge >= 0.3 is 0 Å². The van der Waals surface area contributed by atoms with Crippen molar-refractivity contribution < 1.29 is 18.3 Å². The Labute approximate surface area is 165 Å². The summed E-state index contributed by atoms with van der Waals surface area (Å²) in [5.74, 6) is 0.598. The second-order valence-electron chi connectivity index (χ2n) is 6.80. The summed E-state index contributed by atoms with van der Waals surface area (Å²) in [6.07, 6.45) is 1.58. The molecule has 0 bridgehead atoms. The van der Waals surface area contributed by atoms with Crippen LogP contribution in [0.4, 0.5) is 0 Å². The van der Waals surface area contributed by atoms with Gasteiger partial charge in [0, 0.05) is 55.1 Å². The molecule has 2 heterocycles. The van der Waals surface area contributed by atoms with Crippen LogP contribution in [0.2, 0.25) is 0 Å². The largest absolute Gasteiger partial charge is 0.396 e. The molecule has 10 heteroatoms. The van der Waals surface area contributed by atoms with Crippen LogP contribution in [0.1, 0.15) is 22.6 Å². The number of ether oxygens (including phenoxy) is 1. The van der Waals surface area contributed by atoms with Crippen LogP contribution in [0.3, 0.4) is 0 Å². The van der Waals surface area contributed by atoms with Crippen molar-refractivity contribution in [2.24, 2.45) is 10.4 Å². The highest BCUT2D eigenvalue weighted by atomic mass is 32.2. The molecule has 1 aromatic rings. The average molecular weight is 419 g/mol. The number of rotatable bonds is 9. The van der Waals surface area contributed by atoms with E-state index >= 15 is 0 Å². The molecule has 1 aromatic heterocycles. The van der Waals surface area contributed by atoms with Crippen LogP contribution in [0, 0.1) is 19.3 Å². The molecule has 1 aliphatic rings. The average Bonchev–Trinajstić information content (AvgIpc) is 3.21. The molecule has 8 nitrogen and oxygen atoms in total. The molecule has 154 valence electrons. The minimum atomic E-state index is -3.50. The zero-order valence-electron chi connectivity index (χ0n) is 16.2. The molecule has 1 fully saturated rings. The maximum absolute atomic E-state index is 12.4. The normalized spacial score (nSPS) is 20.8. The molecule has 0 spiro atoms. The van der Waals surface area contributed by atoms with E-state index in [4.69, 9.17) is 4.74 Å². The smallest absolute Gasteiger partial charge is 0.241 e. The highest BCUT2D eigenvalue weighted by molar-refractivity contribution is 7.89. The third kappa shape index (κ3) is 6.15. The van der Waals surface area contributed by atoms with Crippen LogP contribution in [0.15, 0.2) is 16.0 Å². The molecule has 2 rings (SSSR count). The first-order chi connectivity index (χ1) is 12.8. The van der Waals surface area contributed by atoms with Gasteiger partial charge in [-0.05, 0) is 32.8 Å². The number of hydrogen-bond acceptors (Lipinski definition) is 6. The summed E-state index contributed by atoms with van der Waals surface area (Å²) in [5.41, 5.74) is -0.0811. The second-order valence-corrected chi connectivity index (χ2v) is 10.00. The Morgan fingerprint density at radius 2 is 2.15 bits per heavy atom. The fraction of sp³-hybridized carbons (Fsp3) is 0.706. The Bertz CT molecular complexity index is 740. The molecule has 1 aliphatic heterocycles. The van der Waals surface area contributed by atoms with E-state index < -0.39 is 10.0 Å². The van der Waals surface area contributed by atoms with Gasteiger partial charge in [0.1, 0.15) is 0 Å². The first-order valence-corrected chi connectivity index (χ1v) is 11.3. The standard InChI is InChI=1S/C17H30N4O4S2/c1-13-10-15(14(2)26-13)27(23,24)21-7-6-19-16(18-3)20-11-17(4-8-22)5-9-25-12-17/h10,21-22H,4-9,11-12H2,1-3H3,(H2,18,19,20). The van der Waals surface area contributed by atoms with Gasteiger partial charge in [0.2, 0.25) is 10.0 Å². The van der Waals surface area contributed by atoms with Crippen molar-refractivity contribution in [3.63, 3.8) is 0 Å². The molecule has 0 aromatic carbocycles. The molecule has 0 amide bonds. The van der Waals surface area contributed by atoms with Crippen molar-refractivity contribution in [3.8, 4) is 0 Å². The minimum absolute atomic E-state index is 0.0811. The van der Waals surface area contributed by atoms with Crippen molar-refractivity contribution >= 4 is 27.3 Å². The van der Waals surface area contributed by atoms with Gasteiger partial charge in [-0.15, -0.1) is 11.3 Å². The number of aliphatic hydroxyl groups is 1. The summed E-state index contributed by atoms with van der Waals surface area (Å²) < 4.78 is 32.9. The topological polar surface area (TPSA) is 112 Å². The molecule has 1 unspecified atom stereocenters. The predicted molar refractivity (Wildman–Crippen MR) is 108 cm³/mol. The van der Waals surface area contributed by atoms with E-state index in [9.17, 15) is 13.5 Å². The number of sulfonamides is 1. The fourth-order valence-electron chi connectivity index (χ4n) is 3.12. The SMILES string of the molecule is CN=C(NCCNS(=O)(=O)c1cc(C)sc1C)NCC1(CCO)CCOC1. The van der Waals surface area contributed by atoms with E-state index in [1.54, 1.807) is 13.1 Å². The molecule has 4 N–H and O–H groups in total. The van der Waals surface area contributed by atoms with E-state index in [2.05, 4.69) is 20.3 Å². The fourth-order valence-corrected chi connectivity index (χ4v) is 5.71. The lowest BCUT2D eigenvalue weighted by Crippen LogP contribution is -2.46. The Kier molecular flexibility index (Phi) is 8.04. The number of aliphatic hydroxyl groups excluding tert-OH is 1. The summed E-state index contributed by atoms with van der Waals surface area (Å²) in [5, 5.41) is 15.6. The zero-order chi connectivity index (χ0) is 19.9. The summed E-state index contributed by atoms with van der Waals surface area (Å²) in [4.78, 5) is 6.28. The van der Waals surface area contributed by atoms with Crippen molar-refractivity contribution in [2.45, 2.75) is 31.6 Å². The van der Waals surface area contributed by atoms with Crippen LogP contribution in [-0.2, 0) is 14.8 Å². The number of nitrogens with zero attached hydrogens (tertiary/aromatic N) is 1. The van der Waals surface area contributed by atoms with Crippen LogP contribution in [-0.4, -0.2) is 66.0 Å². The Hall–Kier alpha value is -1.20. The molecule has 0 radical (unpaired) electrons. The first kappa shape index (κ1) is 22.1. The van der Waals surface area contributed by atoms with Crippen molar-refractivity contribution in [1.29, 1.82) is 0 Å². The molecular weight excluding hydrogens is 388 g/mol. The summed E-state index contributed by atoms with van der Waals surface area (Å²) in [6.45, 7) is 6.46. The summed E-state index contributed by atoms with van der Waals surface area (Å²) in [6, 6.07) is 1.69. The van der Waals surface area contributed by atoms with Gasteiger partial charge in [-0.3, -0.25) is 4.99 Å². The van der Waals surface area contributed by atoms with Crippen LogP contribution >= 0.6 is 11.3 Å². The van der Waals surface area contributed by atoms with E-state index in [1.807, 2.05) is 13.8 Å². The number of aryl methyl sites for hydroxylation is 2. The highest BCUT2D eigenvalue weighted by Gasteiger charge is 2.34. The van der Waals surface area contributed by atoms with Gasteiger partial charge < -0.3 is 20.5 Å². The van der Waals surface area contributed by atoms with E-state index in [0.717, 1.165) is 16.2 Å². The Morgan fingerprint density at radius 1 is 1.37 bits per heavy atom. The molecule has 27 heavy (non-hydrogen) atoms. The van der Waals surface area contributed by atoms with Gasteiger partial charge in [-0.2, -0.15) is 0 Å². The quantitative estimate of drug-likeness (QED) is 0.265. The van der Waals surface area contributed by atoms with Crippen LogP contribution in [0.25, 0.3) is 0 Å². The summed E-state index contributed by atoms with van der Waals surface area (Å²) in [7, 11) is -1.83. The molecule has 1 atom stereocenters. The van der Waals surface area contributed by atoms with Gasteiger partial charge in [0.15, 0.2) is 5.96 Å². The van der Waals surface area contributed by atoms with E-state index in [0.29, 0.717) is 43.6 Å². The maximum Gasteiger partial charge on any atom is 0.241 e. The molecule has 0 saturated carbocycles.